The Kier molecular flexibility index (Phi) is 4.21. The highest BCUT2D eigenvalue weighted by Gasteiger charge is 1.99. The molecule has 2 heterocycles. The van der Waals surface area contributed by atoms with Crippen molar-refractivity contribution < 1.29 is 0 Å². The Hall–Kier alpha value is -2.27. The molecule has 0 fully saturated rings. The van der Waals surface area contributed by atoms with Crippen LogP contribution in [0, 0.1) is 0 Å². The Morgan fingerprint density at radius 1 is 1.14 bits per heavy atom. The van der Waals surface area contributed by atoms with E-state index >= 15 is 0 Å². The number of nitrogens with one attached hydrogen (secondary N) is 1. The lowest BCUT2D eigenvalue weighted by molar-refractivity contribution is 0.847. The fourth-order valence-electron chi connectivity index (χ4n) is 1.98. The molecule has 0 saturated heterocycles. The topological polar surface area (TPSA) is 42.7 Å². The quantitative estimate of drug-likeness (QED) is 0.731. The number of hydrogen-bond donors (Lipinski definition) is 1. The Morgan fingerprint density at radius 2 is 2.00 bits per heavy atom. The van der Waals surface area contributed by atoms with Gasteiger partial charge in [0.2, 0.25) is 0 Å². The van der Waals surface area contributed by atoms with Crippen molar-refractivity contribution in [3.63, 3.8) is 0 Å². The fourth-order valence-corrected chi connectivity index (χ4v) is 2.39. The van der Waals surface area contributed by atoms with Crippen molar-refractivity contribution in [1.82, 2.24) is 14.8 Å². The summed E-state index contributed by atoms with van der Waals surface area (Å²) < 4.78 is 1.74. The molecule has 2 aromatic heterocycles. The highest BCUT2D eigenvalue weighted by Crippen LogP contribution is 2.16. The molecule has 0 bridgehead atoms. The predicted molar refractivity (Wildman–Crippen MR) is 86.9 cm³/mol. The van der Waals surface area contributed by atoms with Crippen LogP contribution < -0.4 is 5.32 Å². The maximum absolute atomic E-state index is 4.40. The van der Waals surface area contributed by atoms with Crippen LogP contribution in [0.5, 0.6) is 0 Å². The molecule has 1 aromatic carbocycles. The normalized spacial score (nSPS) is 10.5. The number of benzene rings is 1. The summed E-state index contributed by atoms with van der Waals surface area (Å²) >= 11 is 1.75. The first-order chi connectivity index (χ1) is 10.3. The van der Waals surface area contributed by atoms with Gasteiger partial charge in [0.25, 0.3) is 0 Å². The van der Waals surface area contributed by atoms with Gasteiger partial charge < -0.3 is 5.32 Å². The molecular formula is C16H16N4S. The first-order valence-corrected chi connectivity index (χ1v) is 7.90. The van der Waals surface area contributed by atoms with Crippen molar-refractivity contribution in [1.29, 1.82) is 0 Å². The Bertz CT molecular complexity index is 675. The molecule has 0 atom stereocenters. The van der Waals surface area contributed by atoms with Crippen molar-refractivity contribution >= 4 is 17.4 Å². The summed E-state index contributed by atoms with van der Waals surface area (Å²) in [5.41, 5.74) is 2.25. The fraction of sp³-hybridized carbons (Fsp3) is 0.125. The van der Waals surface area contributed by atoms with Crippen LogP contribution in [0.1, 0.15) is 5.56 Å². The molecule has 4 nitrogen and oxygen atoms in total. The summed E-state index contributed by atoms with van der Waals surface area (Å²) in [4.78, 5) is 5.68. The SMILES string of the molecule is CSc1ccc(CNc2ccc(-n3cccn3)nc2)cc1. The van der Waals surface area contributed by atoms with E-state index in [0.717, 1.165) is 18.1 Å². The zero-order valence-electron chi connectivity index (χ0n) is 11.7. The average Bonchev–Trinajstić information content (AvgIpc) is 3.08. The summed E-state index contributed by atoms with van der Waals surface area (Å²) in [5, 5.41) is 7.53. The third kappa shape index (κ3) is 3.44. The van der Waals surface area contributed by atoms with Crippen LogP contribution in [0.4, 0.5) is 5.69 Å². The molecule has 0 saturated carbocycles. The van der Waals surface area contributed by atoms with Gasteiger partial charge >= 0.3 is 0 Å². The Labute approximate surface area is 128 Å². The van der Waals surface area contributed by atoms with Gasteiger partial charge in [0, 0.05) is 23.8 Å². The summed E-state index contributed by atoms with van der Waals surface area (Å²) in [5.74, 6) is 0.815. The van der Waals surface area contributed by atoms with Crippen LogP contribution >= 0.6 is 11.8 Å². The molecule has 1 N–H and O–H groups in total. The average molecular weight is 296 g/mol. The number of aromatic nitrogens is 3. The first-order valence-electron chi connectivity index (χ1n) is 6.68. The second-order valence-electron chi connectivity index (χ2n) is 4.56. The first kappa shape index (κ1) is 13.7. The molecule has 3 aromatic rings. The molecule has 106 valence electrons. The van der Waals surface area contributed by atoms with Gasteiger partial charge in [-0.3, -0.25) is 0 Å². The minimum Gasteiger partial charge on any atom is -0.380 e. The zero-order chi connectivity index (χ0) is 14.5. The summed E-state index contributed by atoms with van der Waals surface area (Å²) in [6.07, 6.45) is 7.53. The van der Waals surface area contributed by atoms with Gasteiger partial charge in [-0.25, -0.2) is 9.67 Å². The third-order valence-corrected chi connectivity index (χ3v) is 3.89. The highest BCUT2D eigenvalue weighted by atomic mass is 32.2. The van der Waals surface area contributed by atoms with Crippen LogP contribution in [-0.4, -0.2) is 21.0 Å². The number of hydrogen-bond acceptors (Lipinski definition) is 4. The molecule has 21 heavy (non-hydrogen) atoms. The van der Waals surface area contributed by atoms with Crippen LogP contribution in [0.3, 0.4) is 0 Å². The van der Waals surface area contributed by atoms with E-state index in [0.29, 0.717) is 0 Å². The standard InChI is InChI=1S/C16H16N4S/c1-21-15-6-3-13(4-7-15)11-17-14-5-8-16(18-12-14)20-10-2-9-19-20/h2-10,12,17H,11H2,1H3. The smallest absolute Gasteiger partial charge is 0.153 e. The van der Waals surface area contributed by atoms with Crippen LogP contribution in [0.25, 0.3) is 5.82 Å². The van der Waals surface area contributed by atoms with Crippen molar-refractivity contribution in [2.24, 2.45) is 0 Å². The van der Waals surface area contributed by atoms with E-state index in [2.05, 4.69) is 45.9 Å². The molecular weight excluding hydrogens is 280 g/mol. The predicted octanol–water partition coefficient (Wildman–Crippen LogP) is 3.60. The molecule has 0 aliphatic carbocycles. The van der Waals surface area contributed by atoms with Gasteiger partial charge in [0.1, 0.15) is 0 Å². The minimum absolute atomic E-state index is 0.789. The highest BCUT2D eigenvalue weighted by molar-refractivity contribution is 7.98. The van der Waals surface area contributed by atoms with Crippen molar-refractivity contribution in [3.05, 3.63) is 66.6 Å². The number of nitrogens with zero attached hydrogens (tertiary/aromatic N) is 3. The van der Waals surface area contributed by atoms with Crippen molar-refractivity contribution in [2.45, 2.75) is 11.4 Å². The molecule has 0 aliphatic heterocycles. The Morgan fingerprint density at radius 3 is 2.62 bits per heavy atom. The van der Waals surface area contributed by atoms with E-state index < -0.39 is 0 Å². The molecule has 0 unspecified atom stereocenters. The van der Waals surface area contributed by atoms with E-state index in [1.54, 1.807) is 22.6 Å². The zero-order valence-corrected chi connectivity index (χ0v) is 12.5. The van der Waals surface area contributed by atoms with Crippen LogP contribution in [-0.2, 0) is 6.54 Å². The monoisotopic (exact) mass is 296 g/mol. The largest absolute Gasteiger partial charge is 0.380 e. The van der Waals surface area contributed by atoms with E-state index in [1.165, 1.54) is 10.5 Å². The number of anilines is 1. The minimum atomic E-state index is 0.789. The lowest BCUT2D eigenvalue weighted by atomic mass is 10.2. The second-order valence-corrected chi connectivity index (χ2v) is 5.44. The van der Waals surface area contributed by atoms with Crippen LogP contribution in [0.2, 0.25) is 0 Å². The molecule has 0 spiro atoms. The lowest BCUT2D eigenvalue weighted by Crippen LogP contribution is -2.02. The second kappa shape index (κ2) is 6.45. The van der Waals surface area contributed by atoms with Gasteiger partial charge in [-0.15, -0.1) is 11.8 Å². The maximum atomic E-state index is 4.40. The number of thioether (sulfide) groups is 1. The van der Waals surface area contributed by atoms with Gasteiger partial charge in [0.15, 0.2) is 5.82 Å². The molecule has 0 aliphatic rings. The van der Waals surface area contributed by atoms with Gasteiger partial charge in [-0.1, -0.05) is 12.1 Å². The summed E-state index contributed by atoms with van der Waals surface area (Å²) in [6.45, 7) is 0.789. The molecule has 0 amide bonds. The van der Waals surface area contributed by atoms with E-state index in [9.17, 15) is 0 Å². The maximum Gasteiger partial charge on any atom is 0.153 e. The van der Waals surface area contributed by atoms with Crippen LogP contribution in [0.15, 0.2) is 66.0 Å². The summed E-state index contributed by atoms with van der Waals surface area (Å²) in [6, 6.07) is 14.4. The Balaban J connectivity index is 1.62. The molecule has 5 heteroatoms. The summed E-state index contributed by atoms with van der Waals surface area (Å²) in [7, 11) is 0. The van der Waals surface area contributed by atoms with Crippen molar-refractivity contribution in [3.8, 4) is 5.82 Å². The molecule has 3 rings (SSSR count). The van der Waals surface area contributed by atoms with E-state index in [4.69, 9.17) is 0 Å². The lowest BCUT2D eigenvalue weighted by Gasteiger charge is -2.07. The molecule has 0 radical (unpaired) electrons. The number of rotatable bonds is 5. The van der Waals surface area contributed by atoms with E-state index in [1.807, 2.05) is 30.6 Å². The van der Waals surface area contributed by atoms with Gasteiger partial charge in [-0.05, 0) is 42.2 Å². The number of pyridine rings is 1. The van der Waals surface area contributed by atoms with Gasteiger partial charge in [-0.2, -0.15) is 5.10 Å². The third-order valence-electron chi connectivity index (χ3n) is 3.14. The van der Waals surface area contributed by atoms with Crippen molar-refractivity contribution in [2.75, 3.05) is 11.6 Å². The van der Waals surface area contributed by atoms with E-state index in [-0.39, 0.29) is 0 Å². The van der Waals surface area contributed by atoms with Gasteiger partial charge in [0.05, 0.1) is 11.9 Å².